The van der Waals surface area contributed by atoms with Crippen molar-refractivity contribution >= 4 is 28.8 Å². The molecule has 4 aromatic carbocycles. The topological polar surface area (TPSA) is 39.2 Å². The van der Waals surface area contributed by atoms with Crippen LogP contribution in [-0.2, 0) is 5.41 Å². The fourth-order valence-electron chi connectivity index (χ4n) is 6.05. The number of para-hydroxylation sites is 1. The Bertz CT molecular complexity index is 1780. The van der Waals surface area contributed by atoms with E-state index in [0.29, 0.717) is 0 Å². The van der Waals surface area contributed by atoms with Crippen LogP contribution in [0.4, 0.5) is 5.69 Å². The molecule has 1 aromatic heterocycles. The van der Waals surface area contributed by atoms with Crippen LogP contribution in [0.15, 0.2) is 83.3 Å². The lowest BCUT2D eigenvalue weighted by Crippen LogP contribution is -2.21. The van der Waals surface area contributed by atoms with Crippen molar-refractivity contribution < 1.29 is 4.42 Å². The number of hydrogen-bond acceptors (Lipinski definition) is 2. The number of fused-ring (bicyclic) bond motifs is 6. The molecule has 2 N–H and O–H groups in total. The van der Waals surface area contributed by atoms with Crippen LogP contribution in [0.3, 0.4) is 0 Å². The SMILES string of the molecule is CC1(C)c2ccccc2-c2ccc(-c3cc(N)cc(-c4cccc5c6c(oc45)=CCCC=6)c3)cc21. The predicted molar refractivity (Wildman–Crippen MR) is 146 cm³/mol. The minimum atomic E-state index is -0.0308. The van der Waals surface area contributed by atoms with Crippen LogP contribution < -0.4 is 16.4 Å². The normalized spacial score (nSPS) is 15.1. The Morgan fingerprint density at radius 3 is 2.37 bits per heavy atom. The van der Waals surface area contributed by atoms with E-state index in [2.05, 4.69) is 105 Å². The van der Waals surface area contributed by atoms with Crippen molar-refractivity contribution in [1.29, 1.82) is 0 Å². The van der Waals surface area contributed by atoms with Gasteiger partial charge >= 0.3 is 0 Å². The van der Waals surface area contributed by atoms with Crippen molar-refractivity contribution in [3.8, 4) is 33.4 Å². The molecule has 0 unspecified atom stereocenters. The van der Waals surface area contributed by atoms with Crippen LogP contribution in [0.2, 0.25) is 0 Å². The summed E-state index contributed by atoms with van der Waals surface area (Å²) in [6.07, 6.45) is 6.59. The number of furan rings is 1. The van der Waals surface area contributed by atoms with E-state index in [1.165, 1.54) is 38.4 Å². The number of hydrogen-bond donors (Lipinski definition) is 1. The van der Waals surface area contributed by atoms with Gasteiger partial charge in [0.1, 0.15) is 11.0 Å². The van der Waals surface area contributed by atoms with Gasteiger partial charge in [0, 0.05) is 27.3 Å². The lowest BCUT2D eigenvalue weighted by molar-refractivity contribution is 0.572. The summed E-state index contributed by atoms with van der Waals surface area (Å²) in [5.41, 5.74) is 19.0. The first-order chi connectivity index (χ1) is 17.0. The van der Waals surface area contributed by atoms with Crippen molar-refractivity contribution in [2.45, 2.75) is 32.1 Å². The second-order valence-corrected chi connectivity index (χ2v) is 10.3. The molecule has 0 fully saturated rings. The molecule has 0 spiro atoms. The number of nitrogens with two attached hydrogens (primary N) is 1. The third-order valence-electron chi connectivity index (χ3n) is 7.81. The van der Waals surface area contributed by atoms with Gasteiger partial charge in [-0.3, -0.25) is 0 Å². The van der Waals surface area contributed by atoms with Gasteiger partial charge in [0.05, 0.1) is 0 Å². The molecule has 0 saturated carbocycles. The summed E-state index contributed by atoms with van der Waals surface area (Å²) in [7, 11) is 0. The van der Waals surface area contributed by atoms with Crippen molar-refractivity contribution in [3.63, 3.8) is 0 Å². The highest BCUT2D eigenvalue weighted by atomic mass is 16.3. The van der Waals surface area contributed by atoms with Crippen LogP contribution in [0.5, 0.6) is 0 Å². The Morgan fingerprint density at radius 2 is 1.46 bits per heavy atom. The predicted octanol–water partition coefficient (Wildman–Crippen LogP) is 7.01. The Kier molecular flexibility index (Phi) is 4.20. The summed E-state index contributed by atoms with van der Waals surface area (Å²) in [4.78, 5) is 0. The lowest BCUT2D eigenvalue weighted by atomic mass is 9.81. The molecule has 0 aliphatic heterocycles. The van der Waals surface area contributed by atoms with E-state index in [1.807, 2.05) is 0 Å². The largest absolute Gasteiger partial charge is 0.456 e. The molecule has 5 aromatic rings. The van der Waals surface area contributed by atoms with E-state index in [1.54, 1.807) is 0 Å². The number of benzene rings is 4. The molecule has 2 nitrogen and oxygen atoms in total. The summed E-state index contributed by atoms with van der Waals surface area (Å²) in [6.45, 7) is 4.64. The van der Waals surface area contributed by atoms with Crippen molar-refractivity contribution in [1.82, 2.24) is 0 Å². The van der Waals surface area contributed by atoms with E-state index in [4.69, 9.17) is 10.2 Å². The minimum Gasteiger partial charge on any atom is -0.456 e. The van der Waals surface area contributed by atoms with Crippen LogP contribution >= 0.6 is 0 Å². The van der Waals surface area contributed by atoms with Crippen LogP contribution in [-0.4, -0.2) is 0 Å². The lowest BCUT2D eigenvalue weighted by Gasteiger charge is -2.22. The first kappa shape index (κ1) is 20.3. The van der Waals surface area contributed by atoms with Crippen LogP contribution in [0, 0.1) is 0 Å². The van der Waals surface area contributed by atoms with Crippen molar-refractivity contribution in [2.75, 3.05) is 5.73 Å². The summed E-state index contributed by atoms with van der Waals surface area (Å²) in [6, 6.07) is 28.4. The monoisotopic (exact) mass is 453 g/mol. The summed E-state index contributed by atoms with van der Waals surface area (Å²) in [5, 5.41) is 2.40. The molecule has 0 radical (unpaired) electrons. The maximum absolute atomic E-state index is 6.47. The fraction of sp³-hybridized carbons (Fsp3) is 0.152. The van der Waals surface area contributed by atoms with Gasteiger partial charge in [0.15, 0.2) is 0 Å². The molecule has 35 heavy (non-hydrogen) atoms. The van der Waals surface area contributed by atoms with E-state index >= 15 is 0 Å². The fourth-order valence-corrected chi connectivity index (χ4v) is 6.05. The molecular weight excluding hydrogens is 426 g/mol. The molecule has 0 saturated heterocycles. The van der Waals surface area contributed by atoms with Gasteiger partial charge in [0.25, 0.3) is 0 Å². The van der Waals surface area contributed by atoms with Gasteiger partial charge in [-0.25, -0.2) is 0 Å². The standard InChI is InChI=1S/C33H27NO/c1-33(2)29-12-5-3-8-25(29)26-15-14-20(19-30(26)33)21-16-22(18-23(34)17-21)24-10-7-11-28-27-9-4-6-13-31(27)35-32(24)28/h3,5,7-19H,4,6,34H2,1-2H3. The highest BCUT2D eigenvalue weighted by Gasteiger charge is 2.35. The first-order valence-electron chi connectivity index (χ1n) is 12.4. The molecule has 2 aliphatic rings. The van der Waals surface area contributed by atoms with Crippen LogP contribution in [0.1, 0.15) is 37.8 Å². The quantitative estimate of drug-likeness (QED) is 0.292. The molecule has 0 atom stereocenters. The van der Waals surface area contributed by atoms with Gasteiger partial charge in [-0.05, 0) is 82.1 Å². The van der Waals surface area contributed by atoms with Gasteiger partial charge in [-0.1, -0.05) is 74.5 Å². The molecule has 2 heteroatoms. The average molecular weight is 454 g/mol. The summed E-state index contributed by atoms with van der Waals surface area (Å²) in [5.74, 6) is 0. The molecular formula is C33H27NO. The van der Waals surface area contributed by atoms with Gasteiger partial charge in [-0.2, -0.15) is 0 Å². The Hall–Kier alpha value is -4.04. The first-order valence-corrected chi connectivity index (χ1v) is 12.4. The third kappa shape index (κ3) is 2.96. The van der Waals surface area contributed by atoms with Crippen molar-refractivity contribution in [2.24, 2.45) is 0 Å². The van der Waals surface area contributed by atoms with Gasteiger partial charge in [0.2, 0.25) is 0 Å². The Balaban J connectivity index is 1.40. The zero-order valence-electron chi connectivity index (χ0n) is 20.1. The van der Waals surface area contributed by atoms with Crippen LogP contribution in [0.25, 0.3) is 56.5 Å². The van der Waals surface area contributed by atoms with E-state index in [-0.39, 0.29) is 5.41 Å². The second kappa shape index (κ2) is 7.23. The highest BCUT2D eigenvalue weighted by Crippen LogP contribution is 2.49. The van der Waals surface area contributed by atoms with Gasteiger partial charge < -0.3 is 10.2 Å². The number of anilines is 1. The van der Waals surface area contributed by atoms with Gasteiger partial charge in [-0.15, -0.1) is 0 Å². The highest BCUT2D eigenvalue weighted by molar-refractivity contribution is 5.95. The second-order valence-electron chi connectivity index (χ2n) is 10.3. The zero-order valence-corrected chi connectivity index (χ0v) is 20.1. The maximum atomic E-state index is 6.47. The molecule has 7 rings (SSSR count). The Morgan fingerprint density at radius 1 is 0.686 bits per heavy atom. The van der Waals surface area contributed by atoms with E-state index < -0.39 is 0 Å². The summed E-state index contributed by atoms with van der Waals surface area (Å²) >= 11 is 0. The maximum Gasteiger partial charge on any atom is 0.143 e. The van der Waals surface area contributed by atoms with E-state index in [0.717, 1.165) is 46.2 Å². The zero-order chi connectivity index (χ0) is 23.7. The molecule has 0 bridgehead atoms. The number of nitrogen functional groups attached to an aromatic ring is 1. The molecule has 170 valence electrons. The minimum absolute atomic E-state index is 0.0308. The van der Waals surface area contributed by atoms with E-state index in [9.17, 15) is 0 Å². The Labute approximate surface area is 205 Å². The summed E-state index contributed by atoms with van der Waals surface area (Å²) < 4.78 is 6.36. The van der Waals surface area contributed by atoms with Crippen molar-refractivity contribution in [3.05, 3.63) is 101 Å². The molecule has 2 aliphatic carbocycles. The molecule has 0 amide bonds. The third-order valence-corrected chi connectivity index (χ3v) is 7.81. The number of rotatable bonds is 2. The average Bonchev–Trinajstić information content (AvgIpc) is 3.36. The molecule has 1 heterocycles. The smallest absolute Gasteiger partial charge is 0.143 e.